The largest absolute Gasteiger partial charge is 0.482 e. The summed E-state index contributed by atoms with van der Waals surface area (Å²) in [5.41, 5.74) is -3.52. The molecule has 0 spiro atoms. The Kier molecular flexibility index (Phi) is 4.89. The van der Waals surface area contributed by atoms with E-state index in [-0.39, 0.29) is 36.2 Å². The highest BCUT2D eigenvalue weighted by Gasteiger charge is 2.37. The summed E-state index contributed by atoms with van der Waals surface area (Å²) >= 11 is 0. The second kappa shape index (κ2) is 6.83. The number of ether oxygens (including phenoxy) is 1. The first-order valence-electron chi connectivity index (χ1n) is 7.56. The van der Waals surface area contributed by atoms with Crippen LogP contribution in [0.4, 0.5) is 32.0 Å². The number of carbonyl (C=O) groups excluding carboxylic acids is 1. The minimum absolute atomic E-state index is 0.0500. The van der Waals surface area contributed by atoms with Crippen molar-refractivity contribution in [1.29, 1.82) is 0 Å². The minimum atomic E-state index is -5.17. The lowest BCUT2D eigenvalue weighted by Gasteiger charge is -2.18. The average molecular weight is 441 g/mol. The van der Waals surface area contributed by atoms with Crippen molar-refractivity contribution >= 4 is 21.7 Å². The first-order chi connectivity index (χ1) is 13.3. The number of hydrogen-bond donors (Lipinski definition) is 1. The Hall–Kier alpha value is -2.96. The Labute approximate surface area is 159 Å². The van der Waals surface area contributed by atoms with E-state index in [9.17, 15) is 39.6 Å². The van der Waals surface area contributed by atoms with Gasteiger partial charge in [0.1, 0.15) is 16.4 Å². The SMILES string of the molecule is O=C1COc2ccc(S(=O)(=O)Oc3cc(C(F)(F)F)cc(C(F)(F)F)c3)cc2N1. The molecule has 156 valence electrons. The first kappa shape index (κ1) is 20.8. The molecular weight excluding hydrogens is 432 g/mol. The molecule has 2 aromatic carbocycles. The van der Waals surface area contributed by atoms with Crippen molar-refractivity contribution in [2.75, 3.05) is 11.9 Å². The maximum Gasteiger partial charge on any atom is 0.416 e. The molecule has 1 aliphatic rings. The molecule has 0 saturated carbocycles. The Morgan fingerprint density at radius 1 is 0.931 bits per heavy atom. The van der Waals surface area contributed by atoms with E-state index in [1.165, 1.54) is 0 Å². The number of anilines is 1. The van der Waals surface area contributed by atoms with Gasteiger partial charge in [-0.05, 0) is 36.4 Å². The predicted molar refractivity (Wildman–Crippen MR) is 84.8 cm³/mol. The second-order valence-corrected chi connectivity index (χ2v) is 7.32. The summed E-state index contributed by atoms with van der Waals surface area (Å²) in [5, 5.41) is 2.31. The standard InChI is InChI=1S/C16H9F6NO5S/c17-15(18,19)8-3-9(16(20,21)22)5-10(4-8)28-29(25,26)11-1-2-13-12(6-11)23-14(24)7-27-13/h1-6H,7H2,(H,23,24). The van der Waals surface area contributed by atoms with Gasteiger partial charge in [0.15, 0.2) is 6.61 Å². The van der Waals surface area contributed by atoms with Gasteiger partial charge in [-0.25, -0.2) is 0 Å². The van der Waals surface area contributed by atoms with Crippen LogP contribution >= 0.6 is 0 Å². The average Bonchev–Trinajstić information content (AvgIpc) is 2.59. The van der Waals surface area contributed by atoms with Crippen molar-refractivity contribution in [3.63, 3.8) is 0 Å². The van der Waals surface area contributed by atoms with Crippen molar-refractivity contribution < 1.29 is 48.5 Å². The lowest BCUT2D eigenvalue weighted by molar-refractivity contribution is -0.143. The van der Waals surface area contributed by atoms with Crippen molar-refractivity contribution in [3.05, 3.63) is 47.5 Å². The third kappa shape index (κ3) is 4.55. The van der Waals surface area contributed by atoms with E-state index in [1.54, 1.807) is 0 Å². The van der Waals surface area contributed by atoms with Gasteiger partial charge in [-0.2, -0.15) is 34.8 Å². The number of rotatable bonds is 3. The van der Waals surface area contributed by atoms with Crippen LogP contribution < -0.4 is 14.2 Å². The quantitative estimate of drug-likeness (QED) is 0.579. The molecule has 13 heteroatoms. The number of fused-ring (bicyclic) bond motifs is 1. The highest BCUT2D eigenvalue weighted by molar-refractivity contribution is 7.87. The van der Waals surface area contributed by atoms with Gasteiger partial charge >= 0.3 is 22.5 Å². The maximum absolute atomic E-state index is 12.9. The van der Waals surface area contributed by atoms with Gasteiger partial charge in [-0.3, -0.25) is 4.79 Å². The van der Waals surface area contributed by atoms with E-state index in [0.717, 1.165) is 18.2 Å². The number of nitrogens with one attached hydrogen (secondary N) is 1. The van der Waals surface area contributed by atoms with Gasteiger partial charge in [-0.1, -0.05) is 0 Å². The smallest absolute Gasteiger partial charge is 0.416 e. The molecule has 0 aliphatic carbocycles. The summed E-state index contributed by atoms with van der Waals surface area (Å²) in [5.74, 6) is -1.63. The summed E-state index contributed by atoms with van der Waals surface area (Å²) in [6.45, 7) is -0.306. The Morgan fingerprint density at radius 2 is 1.52 bits per heavy atom. The molecule has 1 amide bonds. The first-order valence-corrected chi connectivity index (χ1v) is 8.97. The molecule has 0 fully saturated rings. The van der Waals surface area contributed by atoms with Gasteiger partial charge in [0.05, 0.1) is 16.8 Å². The third-order valence-corrected chi connectivity index (χ3v) is 4.88. The molecule has 29 heavy (non-hydrogen) atoms. The summed E-state index contributed by atoms with van der Waals surface area (Å²) in [4.78, 5) is 10.7. The zero-order chi connectivity index (χ0) is 21.6. The highest BCUT2D eigenvalue weighted by Crippen LogP contribution is 2.39. The van der Waals surface area contributed by atoms with Crippen molar-refractivity contribution in [2.24, 2.45) is 0 Å². The molecule has 1 heterocycles. The number of amides is 1. The second-order valence-electron chi connectivity index (χ2n) is 5.77. The molecule has 1 aliphatic heterocycles. The van der Waals surface area contributed by atoms with Crippen LogP contribution in [0.5, 0.6) is 11.5 Å². The van der Waals surface area contributed by atoms with Crippen LogP contribution in [0.15, 0.2) is 41.3 Å². The van der Waals surface area contributed by atoms with Crippen molar-refractivity contribution in [2.45, 2.75) is 17.2 Å². The van der Waals surface area contributed by atoms with Crippen molar-refractivity contribution in [3.8, 4) is 11.5 Å². The molecule has 6 nitrogen and oxygen atoms in total. The number of halogens is 6. The van der Waals surface area contributed by atoms with Crippen LogP contribution in [-0.2, 0) is 27.3 Å². The molecule has 1 N–H and O–H groups in total. The van der Waals surface area contributed by atoms with Crippen LogP contribution in [0.3, 0.4) is 0 Å². The number of hydrogen-bond acceptors (Lipinski definition) is 5. The molecular formula is C16H9F6NO5S. The number of carbonyl (C=O) groups is 1. The number of benzene rings is 2. The molecule has 0 unspecified atom stereocenters. The molecule has 0 radical (unpaired) electrons. The minimum Gasteiger partial charge on any atom is -0.482 e. The zero-order valence-corrected chi connectivity index (χ0v) is 14.7. The topological polar surface area (TPSA) is 81.7 Å². The highest BCUT2D eigenvalue weighted by atomic mass is 32.2. The normalized spacial score (nSPS) is 14.6. The lowest BCUT2D eigenvalue weighted by Crippen LogP contribution is -2.25. The third-order valence-electron chi connectivity index (χ3n) is 3.64. The number of alkyl halides is 6. The molecule has 0 aromatic heterocycles. The Balaban J connectivity index is 2.00. The van der Waals surface area contributed by atoms with Crippen LogP contribution in [-0.4, -0.2) is 20.9 Å². The van der Waals surface area contributed by atoms with E-state index in [0.29, 0.717) is 0 Å². The van der Waals surface area contributed by atoms with Crippen molar-refractivity contribution in [1.82, 2.24) is 0 Å². The predicted octanol–water partition coefficient (Wildman–Crippen LogP) is 3.82. The maximum atomic E-state index is 12.9. The lowest BCUT2D eigenvalue weighted by atomic mass is 10.1. The van der Waals surface area contributed by atoms with Crippen LogP contribution in [0, 0.1) is 0 Å². The van der Waals surface area contributed by atoms with E-state index in [2.05, 4.69) is 9.50 Å². The molecule has 2 aromatic rings. The summed E-state index contributed by atoms with van der Waals surface area (Å²) in [6.07, 6.45) is -10.3. The van der Waals surface area contributed by atoms with Crippen LogP contribution in [0.25, 0.3) is 0 Å². The molecule has 0 atom stereocenters. The van der Waals surface area contributed by atoms with Gasteiger partial charge in [0, 0.05) is 0 Å². The van der Waals surface area contributed by atoms with E-state index >= 15 is 0 Å². The molecule has 3 rings (SSSR count). The monoisotopic (exact) mass is 441 g/mol. The zero-order valence-electron chi connectivity index (χ0n) is 13.9. The van der Waals surface area contributed by atoms with Gasteiger partial charge < -0.3 is 14.2 Å². The summed E-state index contributed by atoms with van der Waals surface area (Å²) < 4.78 is 112. The summed E-state index contributed by atoms with van der Waals surface area (Å²) in [7, 11) is -4.83. The fourth-order valence-corrected chi connectivity index (χ4v) is 3.31. The molecule has 0 saturated heterocycles. The molecule has 0 bridgehead atoms. The van der Waals surface area contributed by atoms with E-state index in [4.69, 9.17) is 4.74 Å². The van der Waals surface area contributed by atoms with Crippen LogP contribution in [0.2, 0.25) is 0 Å². The summed E-state index contributed by atoms with van der Waals surface area (Å²) in [6, 6.07) is 3.12. The van der Waals surface area contributed by atoms with E-state index < -0.39 is 50.1 Å². The Morgan fingerprint density at radius 3 is 2.07 bits per heavy atom. The van der Waals surface area contributed by atoms with E-state index in [1.807, 2.05) is 0 Å². The van der Waals surface area contributed by atoms with Gasteiger partial charge in [-0.15, -0.1) is 0 Å². The fourth-order valence-electron chi connectivity index (χ4n) is 2.37. The van der Waals surface area contributed by atoms with Gasteiger partial charge in [0.25, 0.3) is 5.91 Å². The van der Waals surface area contributed by atoms with Gasteiger partial charge in [0.2, 0.25) is 0 Å². The Bertz CT molecular complexity index is 1050. The fraction of sp³-hybridized carbons (Fsp3) is 0.188. The van der Waals surface area contributed by atoms with Crippen LogP contribution in [0.1, 0.15) is 11.1 Å².